The molecule has 0 fully saturated rings. The van der Waals surface area contributed by atoms with Gasteiger partial charge in [-0.05, 0) is 42.0 Å². The lowest BCUT2D eigenvalue weighted by molar-refractivity contribution is 0.0600. The molecule has 0 aliphatic heterocycles. The standard InChI is InChI=1S/C16H17NO5S/c1-21-14-5-3-4-12(10-14)11-17-23(19,20)15-8-6-13(7-9-15)16(18)22-2/h3-10,17H,11H2,1-2H3. The van der Waals surface area contributed by atoms with E-state index in [1.807, 2.05) is 0 Å². The van der Waals surface area contributed by atoms with Gasteiger partial charge >= 0.3 is 5.97 Å². The van der Waals surface area contributed by atoms with E-state index in [2.05, 4.69) is 9.46 Å². The molecule has 0 saturated carbocycles. The van der Waals surface area contributed by atoms with Crippen LogP contribution in [0.3, 0.4) is 0 Å². The Kier molecular flexibility index (Phi) is 5.36. The summed E-state index contributed by atoms with van der Waals surface area (Å²) in [5, 5.41) is 0. The van der Waals surface area contributed by atoms with Crippen molar-refractivity contribution in [3.8, 4) is 5.75 Å². The van der Waals surface area contributed by atoms with Crippen molar-refractivity contribution in [1.29, 1.82) is 0 Å². The fraction of sp³-hybridized carbons (Fsp3) is 0.188. The summed E-state index contributed by atoms with van der Waals surface area (Å²) in [5.74, 6) is 0.141. The molecule has 2 rings (SSSR count). The molecule has 0 aliphatic rings. The topological polar surface area (TPSA) is 81.7 Å². The van der Waals surface area contributed by atoms with Gasteiger partial charge < -0.3 is 9.47 Å². The molecule has 0 bridgehead atoms. The van der Waals surface area contributed by atoms with Gasteiger partial charge in [-0.2, -0.15) is 0 Å². The van der Waals surface area contributed by atoms with E-state index >= 15 is 0 Å². The normalized spacial score (nSPS) is 11.0. The van der Waals surface area contributed by atoms with E-state index in [9.17, 15) is 13.2 Å². The number of hydrogen-bond donors (Lipinski definition) is 1. The number of carbonyl (C=O) groups excluding carboxylic acids is 1. The van der Waals surface area contributed by atoms with Gasteiger partial charge in [0.25, 0.3) is 0 Å². The monoisotopic (exact) mass is 335 g/mol. The number of methoxy groups -OCH3 is 2. The van der Waals surface area contributed by atoms with E-state index in [0.29, 0.717) is 11.3 Å². The summed E-state index contributed by atoms with van der Waals surface area (Å²) in [6.07, 6.45) is 0. The third-order valence-electron chi connectivity index (χ3n) is 3.19. The minimum Gasteiger partial charge on any atom is -0.497 e. The third-order valence-corrected chi connectivity index (χ3v) is 4.60. The molecular formula is C16H17NO5S. The van der Waals surface area contributed by atoms with Crippen molar-refractivity contribution in [2.75, 3.05) is 14.2 Å². The minimum absolute atomic E-state index is 0.0769. The zero-order valence-corrected chi connectivity index (χ0v) is 13.6. The zero-order valence-electron chi connectivity index (χ0n) is 12.8. The number of carbonyl (C=O) groups is 1. The summed E-state index contributed by atoms with van der Waals surface area (Å²) in [6.45, 7) is 0.137. The highest BCUT2D eigenvalue weighted by molar-refractivity contribution is 7.89. The van der Waals surface area contributed by atoms with E-state index in [0.717, 1.165) is 5.56 Å². The van der Waals surface area contributed by atoms with Crippen molar-refractivity contribution in [3.05, 3.63) is 59.7 Å². The highest BCUT2D eigenvalue weighted by Crippen LogP contribution is 2.15. The van der Waals surface area contributed by atoms with Crippen LogP contribution in [0.1, 0.15) is 15.9 Å². The van der Waals surface area contributed by atoms with Gasteiger partial charge in [0.05, 0.1) is 24.7 Å². The second-order valence-electron chi connectivity index (χ2n) is 4.69. The molecule has 0 unspecified atom stereocenters. The second kappa shape index (κ2) is 7.26. The van der Waals surface area contributed by atoms with Crippen LogP contribution in [0.15, 0.2) is 53.4 Å². The summed E-state index contributed by atoms with van der Waals surface area (Å²) in [5.41, 5.74) is 1.07. The first-order chi connectivity index (χ1) is 11.0. The Morgan fingerprint density at radius 3 is 2.39 bits per heavy atom. The Labute approximate surface area is 135 Å². The van der Waals surface area contributed by atoms with E-state index in [1.165, 1.54) is 31.4 Å². The molecular weight excluding hydrogens is 318 g/mol. The van der Waals surface area contributed by atoms with Gasteiger partial charge in [0.2, 0.25) is 10.0 Å². The number of rotatable bonds is 6. The molecule has 2 aromatic carbocycles. The van der Waals surface area contributed by atoms with Crippen molar-refractivity contribution >= 4 is 16.0 Å². The van der Waals surface area contributed by atoms with Crippen LogP contribution in [0.5, 0.6) is 5.75 Å². The Morgan fingerprint density at radius 1 is 1.09 bits per heavy atom. The average Bonchev–Trinajstić information content (AvgIpc) is 2.59. The number of esters is 1. The van der Waals surface area contributed by atoms with Crippen molar-refractivity contribution in [2.45, 2.75) is 11.4 Å². The largest absolute Gasteiger partial charge is 0.497 e. The number of ether oxygens (including phenoxy) is 2. The van der Waals surface area contributed by atoms with Gasteiger partial charge in [0.15, 0.2) is 0 Å². The molecule has 2 aromatic rings. The molecule has 0 amide bonds. The van der Waals surface area contributed by atoms with Crippen molar-refractivity contribution in [2.24, 2.45) is 0 Å². The molecule has 0 saturated heterocycles. The SMILES string of the molecule is COC(=O)c1ccc(S(=O)(=O)NCc2cccc(OC)c2)cc1. The van der Waals surface area contributed by atoms with Gasteiger partial charge in [-0.25, -0.2) is 17.9 Å². The summed E-state index contributed by atoms with van der Waals surface area (Å²) < 4.78 is 36.7. The molecule has 6 nitrogen and oxygen atoms in total. The molecule has 1 N–H and O–H groups in total. The predicted molar refractivity (Wildman–Crippen MR) is 84.8 cm³/mol. The number of sulfonamides is 1. The van der Waals surface area contributed by atoms with Crippen LogP contribution in [-0.4, -0.2) is 28.6 Å². The Bertz CT molecular complexity index is 784. The number of benzene rings is 2. The van der Waals surface area contributed by atoms with E-state index in [4.69, 9.17) is 4.74 Å². The van der Waals surface area contributed by atoms with Crippen LogP contribution in [0.4, 0.5) is 0 Å². The molecule has 0 aliphatic carbocycles. The summed E-state index contributed by atoms with van der Waals surface area (Å²) >= 11 is 0. The quantitative estimate of drug-likeness (QED) is 0.816. The first kappa shape index (κ1) is 17.0. The maximum Gasteiger partial charge on any atom is 0.337 e. The second-order valence-corrected chi connectivity index (χ2v) is 6.46. The molecule has 0 atom stereocenters. The highest BCUT2D eigenvalue weighted by Gasteiger charge is 2.15. The molecule has 7 heteroatoms. The minimum atomic E-state index is -3.67. The smallest absolute Gasteiger partial charge is 0.337 e. The molecule has 122 valence electrons. The highest BCUT2D eigenvalue weighted by atomic mass is 32.2. The van der Waals surface area contributed by atoms with Gasteiger partial charge in [0.1, 0.15) is 5.75 Å². The van der Waals surface area contributed by atoms with Crippen LogP contribution in [0, 0.1) is 0 Å². The van der Waals surface area contributed by atoms with Crippen LogP contribution in [0.2, 0.25) is 0 Å². The van der Waals surface area contributed by atoms with E-state index in [-0.39, 0.29) is 11.4 Å². The first-order valence-electron chi connectivity index (χ1n) is 6.77. The Balaban J connectivity index is 2.10. The number of nitrogens with one attached hydrogen (secondary N) is 1. The maximum atomic E-state index is 12.3. The fourth-order valence-electron chi connectivity index (χ4n) is 1.93. The summed E-state index contributed by atoms with van der Waals surface area (Å²) in [6, 6.07) is 12.7. The lowest BCUT2D eigenvalue weighted by Gasteiger charge is -2.08. The average molecular weight is 335 g/mol. The fourth-order valence-corrected chi connectivity index (χ4v) is 2.95. The molecule has 0 spiro atoms. The van der Waals surface area contributed by atoms with Crippen LogP contribution < -0.4 is 9.46 Å². The van der Waals surface area contributed by atoms with E-state index < -0.39 is 16.0 Å². The van der Waals surface area contributed by atoms with Crippen molar-refractivity contribution in [1.82, 2.24) is 4.72 Å². The van der Waals surface area contributed by atoms with Crippen LogP contribution in [-0.2, 0) is 21.3 Å². The van der Waals surface area contributed by atoms with Crippen LogP contribution in [0.25, 0.3) is 0 Å². The zero-order chi connectivity index (χ0) is 16.9. The lowest BCUT2D eigenvalue weighted by Crippen LogP contribution is -2.23. The van der Waals surface area contributed by atoms with Crippen LogP contribution >= 0.6 is 0 Å². The molecule has 0 aromatic heterocycles. The summed E-state index contributed by atoms with van der Waals surface area (Å²) in [4.78, 5) is 11.4. The van der Waals surface area contributed by atoms with Gasteiger partial charge in [-0.15, -0.1) is 0 Å². The van der Waals surface area contributed by atoms with Gasteiger partial charge in [-0.3, -0.25) is 0 Å². The molecule has 0 heterocycles. The van der Waals surface area contributed by atoms with Gasteiger partial charge in [0, 0.05) is 6.54 Å². The summed E-state index contributed by atoms with van der Waals surface area (Å²) in [7, 11) is -0.856. The molecule has 0 radical (unpaired) electrons. The molecule has 23 heavy (non-hydrogen) atoms. The first-order valence-corrected chi connectivity index (χ1v) is 8.25. The maximum absolute atomic E-state index is 12.3. The third kappa shape index (κ3) is 4.30. The van der Waals surface area contributed by atoms with Gasteiger partial charge in [-0.1, -0.05) is 12.1 Å². The number of hydrogen-bond acceptors (Lipinski definition) is 5. The Hall–Kier alpha value is -2.38. The van der Waals surface area contributed by atoms with Crippen molar-refractivity contribution < 1.29 is 22.7 Å². The lowest BCUT2D eigenvalue weighted by atomic mass is 10.2. The van der Waals surface area contributed by atoms with E-state index in [1.54, 1.807) is 31.4 Å². The predicted octanol–water partition coefficient (Wildman–Crippen LogP) is 1.96. The Morgan fingerprint density at radius 2 is 1.78 bits per heavy atom. The van der Waals surface area contributed by atoms with Crippen molar-refractivity contribution in [3.63, 3.8) is 0 Å².